The molecule has 0 aliphatic carbocycles. The lowest BCUT2D eigenvalue weighted by molar-refractivity contribution is 0.147. The standard InChI is InChI=1S/C19H22O2/c1-19(2,3)16-9-5-7-11-18(16)20-13-15-12-14-8-4-6-10-17(14)21-15/h4-11,15H,12-13H2,1-3H3. The maximum atomic E-state index is 6.05. The maximum Gasteiger partial charge on any atom is 0.137 e. The summed E-state index contributed by atoms with van der Waals surface area (Å²) in [6.45, 7) is 7.20. The van der Waals surface area contributed by atoms with E-state index < -0.39 is 0 Å². The monoisotopic (exact) mass is 282 g/mol. The molecule has 0 spiro atoms. The molecule has 1 aliphatic heterocycles. The summed E-state index contributed by atoms with van der Waals surface area (Å²) >= 11 is 0. The zero-order chi connectivity index (χ0) is 14.9. The highest BCUT2D eigenvalue weighted by Crippen LogP contribution is 2.32. The Morgan fingerprint density at radius 2 is 1.76 bits per heavy atom. The summed E-state index contributed by atoms with van der Waals surface area (Å²) in [5, 5.41) is 0. The molecule has 21 heavy (non-hydrogen) atoms. The van der Waals surface area contributed by atoms with Gasteiger partial charge in [-0.1, -0.05) is 57.2 Å². The molecule has 0 amide bonds. The van der Waals surface area contributed by atoms with Gasteiger partial charge in [0.05, 0.1) is 0 Å². The van der Waals surface area contributed by atoms with Crippen molar-refractivity contribution in [2.75, 3.05) is 6.61 Å². The Labute approximate surface area is 126 Å². The van der Waals surface area contributed by atoms with Crippen molar-refractivity contribution >= 4 is 0 Å². The second-order valence-electron chi connectivity index (χ2n) is 6.61. The van der Waals surface area contributed by atoms with Crippen LogP contribution >= 0.6 is 0 Å². The van der Waals surface area contributed by atoms with Gasteiger partial charge in [-0.2, -0.15) is 0 Å². The van der Waals surface area contributed by atoms with Crippen molar-refractivity contribution in [1.29, 1.82) is 0 Å². The second kappa shape index (κ2) is 5.44. The molecule has 1 unspecified atom stereocenters. The molecule has 0 fully saturated rings. The number of para-hydroxylation sites is 2. The summed E-state index contributed by atoms with van der Waals surface area (Å²) in [5.74, 6) is 1.96. The molecule has 0 N–H and O–H groups in total. The molecular weight excluding hydrogens is 260 g/mol. The Bertz CT molecular complexity index is 600. The van der Waals surface area contributed by atoms with Crippen molar-refractivity contribution in [2.45, 2.75) is 38.7 Å². The van der Waals surface area contributed by atoms with Crippen molar-refractivity contribution in [3.63, 3.8) is 0 Å². The maximum absolute atomic E-state index is 6.05. The van der Waals surface area contributed by atoms with E-state index >= 15 is 0 Å². The zero-order valence-corrected chi connectivity index (χ0v) is 12.9. The van der Waals surface area contributed by atoms with E-state index in [2.05, 4.69) is 45.0 Å². The minimum Gasteiger partial charge on any atom is -0.489 e. The number of benzene rings is 2. The van der Waals surface area contributed by atoms with Crippen LogP contribution in [0.2, 0.25) is 0 Å². The van der Waals surface area contributed by atoms with Gasteiger partial charge in [-0.3, -0.25) is 0 Å². The lowest BCUT2D eigenvalue weighted by atomic mass is 9.86. The van der Waals surface area contributed by atoms with Gasteiger partial charge in [0.25, 0.3) is 0 Å². The highest BCUT2D eigenvalue weighted by atomic mass is 16.5. The minimum absolute atomic E-state index is 0.0795. The van der Waals surface area contributed by atoms with Gasteiger partial charge in [0.1, 0.15) is 24.2 Å². The Hall–Kier alpha value is -1.96. The van der Waals surface area contributed by atoms with Gasteiger partial charge in [0.2, 0.25) is 0 Å². The molecule has 1 heterocycles. The van der Waals surface area contributed by atoms with Crippen molar-refractivity contribution in [3.8, 4) is 11.5 Å². The van der Waals surface area contributed by atoms with Crippen LogP contribution in [0.5, 0.6) is 11.5 Å². The fraction of sp³-hybridized carbons (Fsp3) is 0.368. The predicted molar refractivity (Wildman–Crippen MR) is 85.2 cm³/mol. The molecule has 0 bridgehead atoms. The average Bonchev–Trinajstić information content (AvgIpc) is 2.87. The number of fused-ring (bicyclic) bond motifs is 1. The quantitative estimate of drug-likeness (QED) is 0.832. The first kappa shape index (κ1) is 14.0. The van der Waals surface area contributed by atoms with Crippen molar-refractivity contribution in [3.05, 3.63) is 59.7 Å². The first-order chi connectivity index (χ1) is 10.0. The fourth-order valence-electron chi connectivity index (χ4n) is 2.74. The van der Waals surface area contributed by atoms with Crippen molar-refractivity contribution < 1.29 is 9.47 Å². The number of hydrogen-bond acceptors (Lipinski definition) is 2. The van der Waals surface area contributed by atoms with Gasteiger partial charge >= 0.3 is 0 Å². The molecule has 0 radical (unpaired) electrons. The first-order valence-electron chi connectivity index (χ1n) is 7.51. The minimum atomic E-state index is 0.0795. The Morgan fingerprint density at radius 1 is 1.05 bits per heavy atom. The van der Waals surface area contributed by atoms with E-state index in [-0.39, 0.29) is 11.5 Å². The third kappa shape index (κ3) is 3.05. The molecule has 110 valence electrons. The lowest BCUT2D eigenvalue weighted by Gasteiger charge is -2.23. The van der Waals surface area contributed by atoms with Gasteiger partial charge in [0.15, 0.2) is 0 Å². The van der Waals surface area contributed by atoms with Gasteiger partial charge in [-0.25, -0.2) is 0 Å². The molecule has 0 saturated heterocycles. The van der Waals surface area contributed by atoms with E-state index in [0.717, 1.165) is 17.9 Å². The van der Waals surface area contributed by atoms with E-state index in [1.165, 1.54) is 11.1 Å². The number of rotatable bonds is 3. The summed E-state index contributed by atoms with van der Waals surface area (Å²) in [7, 11) is 0. The van der Waals surface area contributed by atoms with Crippen LogP contribution in [-0.2, 0) is 11.8 Å². The van der Waals surface area contributed by atoms with E-state index in [9.17, 15) is 0 Å². The third-order valence-electron chi connectivity index (χ3n) is 3.83. The largest absolute Gasteiger partial charge is 0.489 e. The average molecular weight is 282 g/mol. The summed E-state index contributed by atoms with van der Waals surface area (Å²) in [4.78, 5) is 0. The summed E-state index contributed by atoms with van der Waals surface area (Å²) < 4.78 is 12.0. The van der Waals surface area contributed by atoms with Gasteiger partial charge in [-0.15, -0.1) is 0 Å². The molecule has 1 atom stereocenters. The van der Waals surface area contributed by atoms with Crippen LogP contribution in [0.3, 0.4) is 0 Å². The van der Waals surface area contributed by atoms with Crippen molar-refractivity contribution in [1.82, 2.24) is 0 Å². The van der Waals surface area contributed by atoms with Crippen LogP contribution in [0.15, 0.2) is 48.5 Å². The van der Waals surface area contributed by atoms with Gasteiger partial charge < -0.3 is 9.47 Å². The third-order valence-corrected chi connectivity index (χ3v) is 3.83. The molecule has 2 heteroatoms. The summed E-state index contributed by atoms with van der Waals surface area (Å²) in [5.41, 5.74) is 2.59. The van der Waals surface area contributed by atoms with E-state index in [4.69, 9.17) is 9.47 Å². The van der Waals surface area contributed by atoms with E-state index in [1.807, 2.05) is 24.3 Å². The SMILES string of the molecule is CC(C)(C)c1ccccc1OCC1Cc2ccccc2O1. The van der Waals surface area contributed by atoms with Gasteiger partial charge in [0, 0.05) is 6.42 Å². The molecular formula is C19H22O2. The smallest absolute Gasteiger partial charge is 0.137 e. The highest BCUT2D eigenvalue weighted by Gasteiger charge is 2.24. The second-order valence-corrected chi connectivity index (χ2v) is 6.61. The van der Waals surface area contributed by atoms with E-state index in [1.54, 1.807) is 0 Å². The molecule has 0 aromatic heterocycles. The van der Waals surface area contributed by atoms with Crippen LogP contribution < -0.4 is 9.47 Å². The first-order valence-corrected chi connectivity index (χ1v) is 7.51. The Balaban J connectivity index is 1.68. The Morgan fingerprint density at radius 3 is 2.52 bits per heavy atom. The van der Waals surface area contributed by atoms with Crippen LogP contribution in [-0.4, -0.2) is 12.7 Å². The molecule has 2 nitrogen and oxygen atoms in total. The normalized spacial score (nSPS) is 17.2. The van der Waals surface area contributed by atoms with Crippen LogP contribution in [0.4, 0.5) is 0 Å². The van der Waals surface area contributed by atoms with Crippen LogP contribution in [0, 0.1) is 0 Å². The molecule has 2 aromatic rings. The summed E-state index contributed by atoms with van der Waals surface area (Å²) in [6, 6.07) is 16.5. The Kier molecular flexibility index (Phi) is 3.62. The van der Waals surface area contributed by atoms with Crippen molar-refractivity contribution in [2.24, 2.45) is 0 Å². The topological polar surface area (TPSA) is 18.5 Å². The zero-order valence-electron chi connectivity index (χ0n) is 12.9. The lowest BCUT2D eigenvalue weighted by Crippen LogP contribution is -2.23. The fourth-order valence-corrected chi connectivity index (χ4v) is 2.74. The molecule has 0 saturated carbocycles. The summed E-state index contributed by atoms with van der Waals surface area (Å²) in [6.07, 6.45) is 1.03. The highest BCUT2D eigenvalue weighted by molar-refractivity contribution is 5.39. The predicted octanol–water partition coefficient (Wildman–Crippen LogP) is 4.37. The molecule has 1 aliphatic rings. The molecule has 3 rings (SSSR count). The van der Waals surface area contributed by atoms with Gasteiger partial charge in [-0.05, 0) is 28.7 Å². The number of ether oxygens (including phenoxy) is 2. The number of hydrogen-bond donors (Lipinski definition) is 0. The van der Waals surface area contributed by atoms with Crippen LogP contribution in [0.25, 0.3) is 0 Å². The van der Waals surface area contributed by atoms with Crippen LogP contribution in [0.1, 0.15) is 31.9 Å². The molecule has 2 aromatic carbocycles. The van der Waals surface area contributed by atoms with E-state index in [0.29, 0.717) is 6.61 Å².